The maximum absolute atomic E-state index is 13.8. The zero-order valence-corrected chi connectivity index (χ0v) is 16.7. The largest absolute Gasteiger partial charge is 0.382 e. The Balaban J connectivity index is 1.74. The lowest BCUT2D eigenvalue weighted by Gasteiger charge is -2.12. The van der Waals surface area contributed by atoms with Gasteiger partial charge in [0, 0.05) is 24.0 Å². The van der Waals surface area contributed by atoms with Crippen LogP contribution in [0.3, 0.4) is 0 Å². The smallest absolute Gasteiger partial charge is 0.266 e. The van der Waals surface area contributed by atoms with Crippen molar-refractivity contribution in [2.75, 3.05) is 17.6 Å². The predicted molar refractivity (Wildman–Crippen MR) is 113 cm³/mol. The van der Waals surface area contributed by atoms with Gasteiger partial charge in [-0.15, -0.1) is 11.3 Å². The van der Waals surface area contributed by atoms with Crippen molar-refractivity contribution in [1.29, 1.82) is 5.26 Å². The Hall–Kier alpha value is -3.84. The lowest BCUT2D eigenvalue weighted by molar-refractivity contribution is 0.628. The molecule has 3 aromatic heterocycles. The summed E-state index contributed by atoms with van der Waals surface area (Å²) >= 11 is 1.36. The number of hydrogen-bond donors (Lipinski definition) is 2. The molecule has 0 atom stereocenters. The average molecular weight is 421 g/mol. The molecule has 0 amide bonds. The van der Waals surface area contributed by atoms with Crippen LogP contribution in [-0.4, -0.2) is 25.9 Å². The number of nitrogen functional groups attached to an aromatic ring is 1. The molecule has 0 saturated heterocycles. The van der Waals surface area contributed by atoms with Crippen molar-refractivity contribution in [3.63, 3.8) is 0 Å². The minimum atomic E-state index is -0.432. The number of hydrogen-bond acceptors (Lipinski definition) is 8. The average Bonchev–Trinajstić information content (AvgIpc) is 3.09. The molecular formula is C20H16FN7OS. The monoisotopic (exact) mass is 421 g/mol. The fourth-order valence-corrected chi connectivity index (χ4v) is 4.06. The van der Waals surface area contributed by atoms with Gasteiger partial charge in [0.05, 0.1) is 11.3 Å². The highest BCUT2D eigenvalue weighted by atomic mass is 32.1. The summed E-state index contributed by atoms with van der Waals surface area (Å²) in [4.78, 5) is 26.3. The second kappa shape index (κ2) is 7.88. The van der Waals surface area contributed by atoms with E-state index in [2.05, 4.69) is 20.3 Å². The van der Waals surface area contributed by atoms with Crippen molar-refractivity contribution in [2.24, 2.45) is 0 Å². The summed E-state index contributed by atoms with van der Waals surface area (Å²) in [5.41, 5.74) is 7.72. The van der Waals surface area contributed by atoms with Gasteiger partial charge in [-0.05, 0) is 24.6 Å². The van der Waals surface area contributed by atoms with Crippen molar-refractivity contribution in [3.8, 4) is 17.2 Å². The first-order valence-corrected chi connectivity index (χ1v) is 9.87. The van der Waals surface area contributed by atoms with Crippen LogP contribution in [0.15, 0.2) is 40.8 Å². The fraction of sp³-hybridized carbons (Fsp3) is 0.150. The van der Waals surface area contributed by atoms with Gasteiger partial charge >= 0.3 is 0 Å². The van der Waals surface area contributed by atoms with Crippen LogP contribution in [0.1, 0.15) is 17.0 Å². The highest BCUT2D eigenvalue weighted by Gasteiger charge is 2.17. The molecule has 8 nitrogen and oxygen atoms in total. The highest BCUT2D eigenvalue weighted by Crippen LogP contribution is 2.23. The lowest BCUT2D eigenvalue weighted by Crippen LogP contribution is -2.21. The Labute approximate surface area is 174 Å². The van der Waals surface area contributed by atoms with E-state index in [4.69, 9.17) is 5.73 Å². The van der Waals surface area contributed by atoms with Crippen molar-refractivity contribution < 1.29 is 4.39 Å². The van der Waals surface area contributed by atoms with Gasteiger partial charge in [-0.2, -0.15) is 5.26 Å². The molecule has 0 saturated carbocycles. The molecule has 0 aliphatic heterocycles. The van der Waals surface area contributed by atoms with Gasteiger partial charge in [0.25, 0.3) is 5.56 Å². The predicted octanol–water partition coefficient (Wildman–Crippen LogP) is 2.77. The van der Waals surface area contributed by atoms with Crippen LogP contribution >= 0.6 is 11.3 Å². The number of nitrogens with zero attached hydrogens (tertiary/aromatic N) is 5. The first-order chi connectivity index (χ1) is 14.5. The molecule has 3 heterocycles. The van der Waals surface area contributed by atoms with E-state index in [0.717, 1.165) is 5.69 Å². The number of anilines is 2. The van der Waals surface area contributed by atoms with Crippen molar-refractivity contribution in [3.05, 3.63) is 69.1 Å². The van der Waals surface area contributed by atoms with Gasteiger partial charge in [-0.1, -0.05) is 12.1 Å². The molecule has 0 radical (unpaired) electrons. The Bertz CT molecular complexity index is 1360. The molecule has 0 unspecified atom stereocenters. The summed E-state index contributed by atoms with van der Waals surface area (Å²) < 4.78 is 15.4. The summed E-state index contributed by atoms with van der Waals surface area (Å²) in [5, 5.41) is 14.1. The number of thiazole rings is 1. The van der Waals surface area contributed by atoms with E-state index >= 15 is 0 Å². The molecule has 0 fully saturated rings. The molecule has 4 aromatic rings. The first kappa shape index (κ1) is 19.5. The number of halogens is 1. The van der Waals surface area contributed by atoms with Crippen LogP contribution in [0.4, 0.5) is 16.0 Å². The molecule has 150 valence electrons. The number of nitriles is 1. The van der Waals surface area contributed by atoms with Gasteiger partial charge in [0.1, 0.15) is 35.4 Å². The third-order valence-electron chi connectivity index (χ3n) is 4.57. The molecule has 10 heteroatoms. The Kier molecular flexibility index (Phi) is 5.12. The molecule has 0 aliphatic rings. The summed E-state index contributed by atoms with van der Waals surface area (Å²) in [5.74, 6) is -0.0393. The van der Waals surface area contributed by atoms with E-state index in [1.807, 2.05) is 18.4 Å². The van der Waals surface area contributed by atoms with Gasteiger partial charge in [0.2, 0.25) is 0 Å². The zero-order valence-electron chi connectivity index (χ0n) is 15.9. The quantitative estimate of drug-likeness (QED) is 0.508. The summed E-state index contributed by atoms with van der Waals surface area (Å²) in [7, 11) is 0. The molecule has 0 bridgehead atoms. The van der Waals surface area contributed by atoms with Crippen molar-refractivity contribution in [2.45, 2.75) is 13.3 Å². The van der Waals surface area contributed by atoms with Crippen LogP contribution in [0, 0.1) is 24.1 Å². The molecule has 4 rings (SSSR count). The number of nitrogens with one attached hydrogen (secondary N) is 1. The van der Waals surface area contributed by atoms with E-state index in [9.17, 15) is 14.4 Å². The third-order valence-corrected chi connectivity index (χ3v) is 5.51. The van der Waals surface area contributed by atoms with Crippen LogP contribution in [-0.2, 0) is 6.42 Å². The number of aryl methyl sites for hydroxylation is 1. The van der Waals surface area contributed by atoms with Crippen molar-refractivity contribution >= 4 is 27.9 Å². The van der Waals surface area contributed by atoms with Gasteiger partial charge in [0.15, 0.2) is 4.96 Å². The topological polar surface area (TPSA) is 122 Å². The summed E-state index contributed by atoms with van der Waals surface area (Å²) in [6, 6.07) is 7.86. The Morgan fingerprint density at radius 3 is 2.97 bits per heavy atom. The molecular weight excluding hydrogens is 405 g/mol. The minimum Gasteiger partial charge on any atom is -0.382 e. The van der Waals surface area contributed by atoms with Crippen LogP contribution in [0.2, 0.25) is 0 Å². The molecule has 1 aromatic carbocycles. The van der Waals surface area contributed by atoms with E-state index in [1.165, 1.54) is 34.2 Å². The molecule has 0 spiro atoms. The maximum atomic E-state index is 13.8. The van der Waals surface area contributed by atoms with Gasteiger partial charge in [-0.25, -0.2) is 19.3 Å². The number of nitrogens with two attached hydrogens (primary N) is 1. The maximum Gasteiger partial charge on any atom is 0.266 e. The number of fused-ring (bicyclic) bond motifs is 1. The zero-order chi connectivity index (χ0) is 21.3. The third kappa shape index (κ3) is 3.46. The first-order valence-electron chi connectivity index (χ1n) is 8.99. The van der Waals surface area contributed by atoms with E-state index in [0.29, 0.717) is 40.6 Å². The fourth-order valence-electron chi connectivity index (χ4n) is 3.18. The summed E-state index contributed by atoms with van der Waals surface area (Å²) in [6.07, 6.45) is 1.62. The molecule has 3 N–H and O–H groups in total. The Morgan fingerprint density at radius 1 is 1.37 bits per heavy atom. The second-order valence-corrected chi connectivity index (χ2v) is 7.35. The SMILES string of the molecule is Cc1csc2nc(CCNc3ncnc(N)c3C#N)c(-c3cccc(F)c3)c(=O)n12. The van der Waals surface area contributed by atoms with E-state index in [1.54, 1.807) is 12.1 Å². The summed E-state index contributed by atoms with van der Waals surface area (Å²) in [6.45, 7) is 2.16. The van der Waals surface area contributed by atoms with E-state index < -0.39 is 5.82 Å². The standard InChI is InChI=1S/C20H16FN7OS/c1-11-9-30-20-27-15(5-6-24-18-14(8-22)17(23)25-10-26-18)16(19(29)28(11)20)12-3-2-4-13(21)7-12/h2-4,7,9-10H,5-6H2,1H3,(H3,23,24,25,26). The van der Waals surface area contributed by atoms with Crippen LogP contribution in [0.25, 0.3) is 16.1 Å². The lowest BCUT2D eigenvalue weighted by atomic mass is 10.0. The Morgan fingerprint density at radius 2 is 2.20 bits per heavy atom. The number of aromatic nitrogens is 4. The van der Waals surface area contributed by atoms with E-state index in [-0.39, 0.29) is 16.9 Å². The van der Waals surface area contributed by atoms with Gasteiger partial charge < -0.3 is 11.1 Å². The normalized spacial score (nSPS) is 10.8. The van der Waals surface area contributed by atoms with Crippen LogP contribution in [0.5, 0.6) is 0 Å². The number of rotatable bonds is 5. The number of benzene rings is 1. The van der Waals surface area contributed by atoms with Crippen molar-refractivity contribution in [1.82, 2.24) is 19.4 Å². The highest BCUT2D eigenvalue weighted by molar-refractivity contribution is 7.15. The van der Waals surface area contributed by atoms with Crippen LogP contribution < -0.4 is 16.6 Å². The van der Waals surface area contributed by atoms with Gasteiger partial charge in [-0.3, -0.25) is 9.20 Å². The molecule has 30 heavy (non-hydrogen) atoms. The second-order valence-electron chi connectivity index (χ2n) is 6.52. The molecule has 0 aliphatic carbocycles. The minimum absolute atomic E-state index is 0.0855.